The van der Waals surface area contributed by atoms with E-state index in [0.29, 0.717) is 22.0 Å². The zero-order valence-corrected chi connectivity index (χ0v) is 21.8. The van der Waals surface area contributed by atoms with Gasteiger partial charge >= 0.3 is 0 Å². The first-order valence-corrected chi connectivity index (χ1v) is 13.0. The molecule has 0 aliphatic heterocycles. The molecule has 4 aromatic rings. The number of rotatable bonds is 8. The van der Waals surface area contributed by atoms with Gasteiger partial charge in [0, 0.05) is 25.4 Å². The Kier molecular flexibility index (Phi) is 7.46. The highest BCUT2D eigenvalue weighted by atomic mass is 35.5. The Balaban J connectivity index is 1.74. The summed E-state index contributed by atoms with van der Waals surface area (Å²) in [6.45, 7) is 1.89. The third-order valence-corrected chi connectivity index (χ3v) is 7.60. The van der Waals surface area contributed by atoms with Crippen LogP contribution in [0.25, 0.3) is 22.0 Å². The molecule has 10 nitrogen and oxygen atoms in total. The first-order valence-electron chi connectivity index (χ1n) is 11.2. The zero-order chi connectivity index (χ0) is 26.7. The Hall–Kier alpha value is -3.96. The van der Waals surface area contributed by atoms with Crippen molar-refractivity contribution in [3.05, 3.63) is 76.4 Å². The van der Waals surface area contributed by atoms with E-state index in [4.69, 9.17) is 16.3 Å². The summed E-state index contributed by atoms with van der Waals surface area (Å²) in [4.78, 5) is 33.5. The number of nitrogens with zero attached hydrogens (tertiary/aromatic N) is 3. The number of sulfonamides is 1. The molecule has 0 fully saturated rings. The first-order chi connectivity index (χ1) is 17.6. The van der Waals surface area contributed by atoms with E-state index in [1.54, 1.807) is 43.3 Å². The summed E-state index contributed by atoms with van der Waals surface area (Å²) in [6, 6.07) is 12.7. The lowest BCUT2D eigenvalue weighted by Gasteiger charge is -2.14. The molecule has 1 amide bonds. The minimum absolute atomic E-state index is 0.0624. The Morgan fingerprint density at radius 2 is 1.89 bits per heavy atom. The van der Waals surface area contributed by atoms with Crippen molar-refractivity contribution in [1.29, 1.82) is 0 Å². The Bertz CT molecular complexity index is 1660. The molecular formula is C25H24ClN5O5S. The van der Waals surface area contributed by atoms with E-state index in [1.807, 2.05) is 0 Å². The minimum Gasteiger partial charge on any atom is -0.480 e. The number of halogens is 1. The van der Waals surface area contributed by atoms with E-state index >= 15 is 0 Å². The molecule has 0 aliphatic rings. The number of carbonyl (C=O) groups is 1. The summed E-state index contributed by atoms with van der Waals surface area (Å²) in [5.41, 5.74) is 1.43. The molecule has 37 heavy (non-hydrogen) atoms. The predicted molar refractivity (Wildman–Crippen MR) is 141 cm³/mol. The maximum absolute atomic E-state index is 13.2. The van der Waals surface area contributed by atoms with Gasteiger partial charge < -0.3 is 10.1 Å². The molecular weight excluding hydrogens is 518 g/mol. The van der Waals surface area contributed by atoms with Gasteiger partial charge in [-0.25, -0.2) is 18.4 Å². The monoisotopic (exact) mass is 541 g/mol. The number of methoxy groups -OCH3 is 1. The quantitative estimate of drug-likeness (QED) is 0.350. The van der Waals surface area contributed by atoms with Crippen LogP contribution in [0.5, 0.6) is 5.88 Å². The molecule has 2 aromatic heterocycles. The Labute approximate surface area is 218 Å². The molecule has 1 unspecified atom stereocenters. The van der Waals surface area contributed by atoms with Gasteiger partial charge in [-0.1, -0.05) is 36.7 Å². The van der Waals surface area contributed by atoms with Gasteiger partial charge in [-0.2, -0.15) is 0 Å². The third-order valence-electron chi connectivity index (χ3n) is 5.74. The second kappa shape index (κ2) is 10.6. The number of hydrogen-bond donors (Lipinski definition) is 2. The van der Waals surface area contributed by atoms with Gasteiger partial charge in [-0.3, -0.25) is 18.9 Å². The number of aromatic nitrogens is 3. The summed E-state index contributed by atoms with van der Waals surface area (Å²) in [5.74, 6) is -0.547. The van der Waals surface area contributed by atoms with E-state index in [2.05, 4.69) is 20.0 Å². The molecule has 12 heteroatoms. The summed E-state index contributed by atoms with van der Waals surface area (Å²) in [7, 11) is -1.13. The van der Waals surface area contributed by atoms with E-state index < -0.39 is 15.9 Å². The number of ether oxygens (including phenoxy) is 1. The minimum atomic E-state index is -4.04. The molecule has 0 saturated carbocycles. The van der Waals surface area contributed by atoms with Crippen molar-refractivity contribution in [3.8, 4) is 17.0 Å². The number of benzene rings is 2. The van der Waals surface area contributed by atoms with Gasteiger partial charge in [0.25, 0.3) is 15.6 Å². The van der Waals surface area contributed by atoms with E-state index in [1.165, 1.54) is 43.4 Å². The molecule has 0 radical (unpaired) electrons. The van der Waals surface area contributed by atoms with E-state index in [9.17, 15) is 18.0 Å². The number of nitrogens with one attached hydrogen (secondary N) is 2. The third kappa shape index (κ3) is 5.42. The molecule has 1 atom stereocenters. The molecule has 4 rings (SSSR count). The summed E-state index contributed by atoms with van der Waals surface area (Å²) in [6.07, 6.45) is 2.93. The molecule has 2 N–H and O–H groups in total. The topological polar surface area (TPSA) is 132 Å². The number of pyridine rings is 1. The largest absolute Gasteiger partial charge is 0.480 e. The normalized spacial score (nSPS) is 12.2. The number of hydrogen-bond acceptors (Lipinski definition) is 7. The highest BCUT2D eigenvalue weighted by Gasteiger charge is 2.21. The second-order valence-electron chi connectivity index (χ2n) is 8.27. The van der Waals surface area contributed by atoms with Crippen LogP contribution >= 0.6 is 11.6 Å². The summed E-state index contributed by atoms with van der Waals surface area (Å²) >= 11 is 6.09. The lowest BCUT2D eigenvalue weighted by Crippen LogP contribution is -2.32. The van der Waals surface area contributed by atoms with Crippen molar-refractivity contribution < 1.29 is 17.9 Å². The summed E-state index contributed by atoms with van der Waals surface area (Å²) in [5, 5.41) is 2.99. The van der Waals surface area contributed by atoms with Crippen LogP contribution in [0.2, 0.25) is 5.02 Å². The maximum atomic E-state index is 13.2. The highest BCUT2D eigenvalue weighted by Crippen LogP contribution is 2.32. The Morgan fingerprint density at radius 3 is 2.59 bits per heavy atom. The van der Waals surface area contributed by atoms with Crippen molar-refractivity contribution in [2.24, 2.45) is 5.92 Å². The number of anilines is 1. The van der Waals surface area contributed by atoms with Gasteiger partial charge in [0.05, 0.1) is 35.3 Å². The lowest BCUT2D eigenvalue weighted by molar-refractivity contribution is -0.124. The van der Waals surface area contributed by atoms with Crippen LogP contribution in [0.15, 0.2) is 70.7 Å². The molecule has 2 heterocycles. The van der Waals surface area contributed by atoms with Crippen LogP contribution < -0.4 is 20.3 Å². The van der Waals surface area contributed by atoms with Crippen LogP contribution in [0.1, 0.15) is 6.92 Å². The Morgan fingerprint density at radius 1 is 1.14 bits per heavy atom. The number of amides is 1. The highest BCUT2D eigenvalue weighted by molar-refractivity contribution is 7.92. The van der Waals surface area contributed by atoms with Crippen molar-refractivity contribution in [3.63, 3.8) is 0 Å². The fourth-order valence-electron chi connectivity index (χ4n) is 3.80. The molecule has 192 valence electrons. The van der Waals surface area contributed by atoms with Crippen LogP contribution in [0.3, 0.4) is 0 Å². The van der Waals surface area contributed by atoms with Gasteiger partial charge in [-0.15, -0.1) is 0 Å². The molecule has 2 aromatic carbocycles. The van der Waals surface area contributed by atoms with E-state index in [0.717, 1.165) is 0 Å². The van der Waals surface area contributed by atoms with E-state index in [-0.39, 0.29) is 39.5 Å². The first kappa shape index (κ1) is 26.1. The fourth-order valence-corrected chi connectivity index (χ4v) is 5.37. The zero-order valence-electron chi connectivity index (χ0n) is 20.2. The number of fused-ring (bicyclic) bond motifs is 1. The van der Waals surface area contributed by atoms with Crippen molar-refractivity contribution >= 4 is 44.1 Å². The fraction of sp³-hybridized carbons (Fsp3) is 0.200. The predicted octanol–water partition coefficient (Wildman–Crippen LogP) is 3.30. The summed E-state index contributed by atoms with van der Waals surface area (Å²) < 4.78 is 35.1. The van der Waals surface area contributed by atoms with Gasteiger partial charge in [-0.05, 0) is 35.9 Å². The molecule has 0 saturated heterocycles. The second-order valence-corrected chi connectivity index (χ2v) is 10.3. The van der Waals surface area contributed by atoms with Crippen LogP contribution in [-0.2, 0) is 21.4 Å². The smallest absolute Gasteiger partial charge is 0.263 e. The van der Waals surface area contributed by atoms with Crippen LogP contribution in [0, 0.1) is 5.92 Å². The van der Waals surface area contributed by atoms with Gasteiger partial charge in [0.2, 0.25) is 11.8 Å². The lowest BCUT2D eigenvalue weighted by atomic mass is 10.0. The van der Waals surface area contributed by atoms with Crippen molar-refractivity contribution in [1.82, 2.24) is 19.9 Å². The van der Waals surface area contributed by atoms with Gasteiger partial charge in [0.15, 0.2) is 0 Å². The SMILES string of the molecule is CNC(=O)C(C)Cn1cnc2ccc(-c3cnc(OC)c(NS(=O)(=O)c4ccccc4Cl)c3)cc2c1=O. The van der Waals surface area contributed by atoms with Crippen molar-refractivity contribution in [2.45, 2.75) is 18.4 Å². The average Bonchev–Trinajstić information content (AvgIpc) is 2.89. The molecule has 0 bridgehead atoms. The molecule has 0 spiro atoms. The van der Waals surface area contributed by atoms with Gasteiger partial charge in [0.1, 0.15) is 10.6 Å². The maximum Gasteiger partial charge on any atom is 0.263 e. The number of carbonyl (C=O) groups excluding carboxylic acids is 1. The molecule has 0 aliphatic carbocycles. The standard InChI is InChI=1S/C25H24ClN5O5S/c1-15(23(32)27-2)13-31-14-29-20-9-8-16(10-18(20)25(31)33)17-11-21(24(36-3)28-12-17)30-37(34,35)22-7-5-4-6-19(22)26/h4-12,14-15,30H,13H2,1-3H3,(H,27,32). The van der Waals surface area contributed by atoms with Crippen molar-refractivity contribution in [2.75, 3.05) is 18.9 Å². The average molecular weight is 542 g/mol. The van der Waals surface area contributed by atoms with Crippen LogP contribution in [-0.4, -0.2) is 43.0 Å². The van der Waals surface area contributed by atoms with Crippen LogP contribution in [0.4, 0.5) is 5.69 Å².